The van der Waals surface area contributed by atoms with Crippen LogP contribution in [0.1, 0.15) is 35.2 Å². The van der Waals surface area contributed by atoms with Crippen molar-refractivity contribution >= 4 is 11.7 Å². The van der Waals surface area contributed by atoms with Crippen molar-refractivity contribution in [3.63, 3.8) is 0 Å². The van der Waals surface area contributed by atoms with Crippen LogP contribution in [0, 0.1) is 6.92 Å². The Bertz CT molecular complexity index is 410. The molecule has 1 aliphatic rings. The molecule has 1 N–H and O–H groups in total. The lowest BCUT2D eigenvalue weighted by atomic mass is 9.91. The van der Waals surface area contributed by atoms with Crippen molar-refractivity contribution in [1.29, 1.82) is 0 Å². The van der Waals surface area contributed by atoms with Crippen molar-refractivity contribution in [3.8, 4) is 0 Å². The number of carboxylic acid groups (broad SMARTS) is 1. The first-order valence-electron chi connectivity index (χ1n) is 5.66. The van der Waals surface area contributed by atoms with E-state index in [1.807, 2.05) is 26.1 Å². The number of aryl methyl sites for hydroxylation is 1. The van der Waals surface area contributed by atoms with Crippen LogP contribution in [0.5, 0.6) is 0 Å². The molecular formula is C13H17NO2. The van der Waals surface area contributed by atoms with Crippen LogP contribution in [0.4, 0.5) is 5.69 Å². The zero-order valence-corrected chi connectivity index (χ0v) is 9.73. The minimum atomic E-state index is -0.843. The Morgan fingerprint density at radius 2 is 2.12 bits per heavy atom. The molecule has 0 heterocycles. The fraction of sp³-hybridized carbons (Fsp3) is 0.462. The molecule has 1 aliphatic carbocycles. The van der Waals surface area contributed by atoms with Crippen molar-refractivity contribution in [3.05, 3.63) is 29.3 Å². The standard InChI is InChI=1S/C13H17NO2/c1-9-6-7-12(11(8-9)13(15)16)14(2)10-4-3-5-10/h6-8,10H,3-5H2,1-2H3,(H,15,16). The van der Waals surface area contributed by atoms with Gasteiger partial charge in [-0.2, -0.15) is 0 Å². The lowest BCUT2D eigenvalue weighted by Crippen LogP contribution is -2.37. The van der Waals surface area contributed by atoms with Gasteiger partial charge in [0.05, 0.1) is 11.3 Å². The second-order valence-corrected chi connectivity index (χ2v) is 4.52. The third-order valence-corrected chi connectivity index (χ3v) is 3.38. The predicted molar refractivity (Wildman–Crippen MR) is 64.2 cm³/mol. The maximum Gasteiger partial charge on any atom is 0.337 e. The van der Waals surface area contributed by atoms with Crippen LogP contribution in [-0.4, -0.2) is 24.2 Å². The Morgan fingerprint density at radius 3 is 2.62 bits per heavy atom. The summed E-state index contributed by atoms with van der Waals surface area (Å²) in [7, 11) is 1.99. The summed E-state index contributed by atoms with van der Waals surface area (Å²) in [6.07, 6.45) is 3.59. The number of rotatable bonds is 3. The summed E-state index contributed by atoms with van der Waals surface area (Å²) in [4.78, 5) is 13.3. The molecule has 0 unspecified atom stereocenters. The van der Waals surface area contributed by atoms with Gasteiger partial charge in [0.15, 0.2) is 0 Å². The molecule has 0 amide bonds. The highest BCUT2D eigenvalue weighted by molar-refractivity contribution is 5.94. The van der Waals surface area contributed by atoms with E-state index in [0.29, 0.717) is 11.6 Å². The lowest BCUT2D eigenvalue weighted by Gasteiger charge is -2.37. The molecule has 1 saturated carbocycles. The van der Waals surface area contributed by atoms with Gasteiger partial charge < -0.3 is 10.0 Å². The molecular weight excluding hydrogens is 202 g/mol. The average molecular weight is 219 g/mol. The fourth-order valence-electron chi connectivity index (χ4n) is 2.10. The van der Waals surface area contributed by atoms with E-state index in [-0.39, 0.29) is 0 Å². The van der Waals surface area contributed by atoms with Crippen LogP contribution in [0.2, 0.25) is 0 Å². The van der Waals surface area contributed by atoms with Crippen molar-refractivity contribution in [2.75, 3.05) is 11.9 Å². The molecule has 1 aromatic carbocycles. The van der Waals surface area contributed by atoms with E-state index in [1.54, 1.807) is 6.07 Å². The molecule has 1 aromatic rings. The van der Waals surface area contributed by atoms with Gasteiger partial charge in [0, 0.05) is 13.1 Å². The van der Waals surface area contributed by atoms with Crippen LogP contribution >= 0.6 is 0 Å². The number of carboxylic acids is 1. The van der Waals surface area contributed by atoms with Gasteiger partial charge >= 0.3 is 5.97 Å². The minimum absolute atomic E-state index is 0.411. The fourth-order valence-corrected chi connectivity index (χ4v) is 2.10. The largest absolute Gasteiger partial charge is 0.478 e. The van der Waals surface area contributed by atoms with Crippen LogP contribution in [0.3, 0.4) is 0 Å². The summed E-state index contributed by atoms with van der Waals surface area (Å²) < 4.78 is 0. The van der Waals surface area contributed by atoms with E-state index in [4.69, 9.17) is 0 Å². The Morgan fingerprint density at radius 1 is 1.44 bits per heavy atom. The highest BCUT2D eigenvalue weighted by Gasteiger charge is 2.25. The average Bonchev–Trinajstić information content (AvgIpc) is 2.14. The summed E-state index contributed by atoms with van der Waals surface area (Å²) in [6, 6.07) is 6.14. The Balaban J connectivity index is 2.34. The Kier molecular flexibility index (Phi) is 2.86. The molecule has 0 aliphatic heterocycles. The highest BCUT2D eigenvalue weighted by Crippen LogP contribution is 2.30. The highest BCUT2D eigenvalue weighted by atomic mass is 16.4. The predicted octanol–water partition coefficient (Wildman–Crippen LogP) is 2.68. The van der Waals surface area contributed by atoms with E-state index in [0.717, 1.165) is 11.3 Å². The molecule has 3 nitrogen and oxygen atoms in total. The number of nitrogens with zero attached hydrogens (tertiary/aromatic N) is 1. The molecule has 0 radical (unpaired) electrons. The van der Waals surface area contributed by atoms with Crippen LogP contribution in [0.15, 0.2) is 18.2 Å². The van der Waals surface area contributed by atoms with E-state index >= 15 is 0 Å². The van der Waals surface area contributed by atoms with E-state index < -0.39 is 5.97 Å². The summed E-state index contributed by atoms with van der Waals surface area (Å²) in [5, 5.41) is 9.18. The molecule has 0 bridgehead atoms. The van der Waals surface area contributed by atoms with Crippen molar-refractivity contribution < 1.29 is 9.90 Å². The smallest absolute Gasteiger partial charge is 0.337 e. The number of benzene rings is 1. The molecule has 2 rings (SSSR count). The second kappa shape index (κ2) is 4.16. The maximum atomic E-state index is 11.2. The quantitative estimate of drug-likeness (QED) is 0.849. The maximum absolute atomic E-state index is 11.2. The molecule has 1 fully saturated rings. The number of hydrogen-bond acceptors (Lipinski definition) is 2. The number of anilines is 1. The minimum Gasteiger partial charge on any atom is -0.478 e. The Hall–Kier alpha value is -1.51. The van der Waals surface area contributed by atoms with Crippen molar-refractivity contribution in [2.24, 2.45) is 0 Å². The first-order valence-corrected chi connectivity index (χ1v) is 5.66. The topological polar surface area (TPSA) is 40.5 Å². The van der Waals surface area contributed by atoms with Gasteiger partial charge in [-0.3, -0.25) is 0 Å². The van der Waals surface area contributed by atoms with Crippen LogP contribution in [0.25, 0.3) is 0 Å². The number of hydrogen-bond donors (Lipinski definition) is 1. The molecule has 0 atom stereocenters. The molecule has 3 heteroatoms. The third kappa shape index (κ3) is 1.90. The lowest BCUT2D eigenvalue weighted by molar-refractivity contribution is 0.0697. The molecule has 0 aromatic heterocycles. The van der Waals surface area contributed by atoms with Gasteiger partial charge in [-0.05, 0) is 38.3 Å². The Labute approximate surface area is 95.7 Å². The molecule has 86 valence electrons. The van der Waals surface area contributed by atoms with Gasteiger partial charge in [-0.25, -0.2) is 4.79 Å². The van der Waals surface area contributed by atoms with Crippen molar-refractivity contribution in [2.45, 2.75) is 32.2 Å². The monoisotopic (exact) mass is 219 g/mol. The van der Waals surface area contributed by atoms with Crippen LogP contribution in [-0.2, 0) is 0 Å². The van der Waals surface area contributed by atoms with Gasteiger partial charge in [0.25, 0.3) is 0 Å². The summed E-state index contributed by atoms with van der Waals surface area (Å²) in [5.74, 6) is -0.843. The summed E-state index contributed by atoms with van der Waals surface area (Å²) in [6.45, 7) is 1.92. The number of aromatic carboxylic acids is 1. The molecule has 16 heavy (non-hydrogen) atoms. The molecule has 0 saturated heterocycles. The van der Waals surface area contributed by atoms with E-state index in [2.05, 4.69) is 4.90 Å². The molecule has 0 spiro atoms. The third-order valence-electron chi connectivity index (χ3n) is 3.38. The summed E-state index contributed by atoms with van der Waals surface area (Å²) >= 11 is 0. The van der Waals surface area contributed by atoms with E-state index in [1.165, 1.54) is 19.3 Å². The van der Waals surface area contributed by atoms with Gasteiger partial charge in [0.1, 0.15) is 0 Å². The number of carbonyl (C=O) groups is 1. The van der Waals surface area contributed by atoms with E-state index in [9.17, 15) is 9.90 Å². The zero-order chi connectivity index (χ0) is 11.7. The first-order chi connectivity index (χ1) is 7.59. The SMILES string of the molecule is Cc1ccc(N(C)C2CCC2)c(C(=O)O)c1. The van der Waals surface area contributed by atoms with Gasteiger partial charge in [0.2, 0.25) is 0 Å². The second-order valence-electron chi connectivity index (χ2n) is 4.52. The normalized spacial score (nSPS) is 15.6. The zero-order valence-electron chi connectivity index (χ0n) is 9.73. The van der Waals surface area contributed by atoms with Crippen molar-refractivity contribution in [1.82, 2.24) is 0 Å². The van der Waals surface area contributed by atoms with Gasteiger partial charge in [-0.15, -0.1) is 0 Å². The van der Waals surface area contributed by atoms with Gasteiger partial charge in [-0.1, -0.05) is 11.6 Å². The first kappa shape index (κ1) is 11.0. The van der Waals surface area contributed by atoms with Crippen LogP contribution < -0.4 is 4.90 Å². The summed E-state index contributed by atoms with van der Waals surface area (Å²) in [5.41, 5.74) is 2.24.